The third kappa shape index (κ3) is 1.56. The van der Waals surface area contributed by atoms with E-state index in [1.165, 1.54) is 44.9 Å². The van der Waals surface area contributed by atoms with Gasteiger partial charge < -0.3 is 0 Å². The molecule has 2 saturated carbocycles. The first-order valence-electron chi connectivity index (χ1n) is 5.99. The highest BCUT2D eigenvalue weighted by molar-refractivity contribution is 5.09. The normalized spacial score (nSPS) is 34.2. The maximum absolute atomic E-state index is 9.31. The van der Waals surface area contributed by atoms with Crippen LogP contribution in [0, 0.1) is 28.1 Å². The zero-order valence-corrected chi connectivity index (χ0v) is 9.47. The van der Waals surface area contributed by atoms with Gasteiger partial charge in [-0.3, -0.25) is 0 Å². The van der Waals surface area contributed by atoms with Gasteiger partial charge in [0.05, 0.1) is 11.5 Å². The molecule has 1 unspecified atom stereocenters. The van der Waals surface area contributed by atoms with Gasteiger partial charge in [-0.2, -0.15) is 5.26 Å². The largest absolute Gasteiger partial charge is 0.198 e. The molecule has 0 heterocycles. The van der Waals surface area contributed by atoms with Crippen molar-refractivity contribution in [1.82, 2.24) is 0 Å². The highest BCUT2D eigenvalue weighted by Crippen LogP contribution is 2.54. The molecule has 1 nitrogen and oxygen atoms in total. The van der Waals surface area contributed by atoms with E-state index in [0.29, 0.717) is 11.3 Å². The van der Waals surface area contributed by atoms with Crippen molar-refractivity contribution in [2.75, 3.05) is 0 Å². The van der Waals surface area contributed by atoms with E-state index in [-0.39, 0.29) is 5.41 Å². The van der Waals surface area contributed by atoms with Crippen molar-refractivity contribution in [3.05, 3.63) is 0 Å². The molecule has 1 atom stereocenters. The molecule has 2 aliphatic carbocycles. The Morgan fingerprint density at radius 1 is 1.14 bits per heavy atom. The van der Waals surface area contributed by atoms with E-state index >= 15 is 0 Å². The second-order valence-corrected chi connectivity index (χ2v) is 6.08. The van der Waals surface area contributed by atoms with Crippen LogP contribution in [-0.2, 0) is 0 Å². The molecule has 0 aromatic heterocycles. The Balaban J connectivity index is 2.08. The maximum Gasteiger partial charge on any atom is 0.0692 e. The highest BCUT2D eigenvalue weighted by atomic mass is 14.5. The van der Waals surface area contributed by atoms with E-state index in [9.17, 15) is 5.26 Å². The van der Waals surface area contributed by atoms with Crippen molar-refractivity contribution in [2.45, 2.75) is 58.8 Å². The summed E-state index contributed by atoms with van der Waals surface area (Å²) in [6.45, 7) is 4.73. The van der Waals surface area contributed by atoms with Gasteiger partial charge >= 0.3 is 0 Å². The van der Waals surface area contributed by atoms with E-state index in [0.717, 1.165) is 0 Å². The smallest absolute Gasteiger partial charge is 0.0692 e. The quantitative estimate of drug-likeness (QED) is 0.616. The first kappa shape index (κ1) is 10.0. The molecule has 2 aliphatic rings. The van der Waals surface area contributed by atoms with E-state index < -0.39 is 0 Å². The monoisotopic (exact) mass is 191 g/mol. The lowest BCUT2D eigenvalue weighted by Gasteiger charge is -2.47. The van der Waals surface area contributed by atoms with Crippen LogP contribution in [0.1, 0.15) is 58.8 Å². The second kappa shape index (κ2) is 3.26. The van der Waals surface area contributed by atoms with Gasteiger partial charge in [0.15, 0.2) is 0 Å². The lowest BCUT2D eigenvalue weighted by Crippen LogP contribution is -2.40. The standard InChI is InChI=1S/C13H21N/c1-12(2)6-3-5-11(9-12)13(10-14)7-4-8-13/h11H,3-9H2,1-2H3. The number of hydrogen-bond donors (Lipinski definition) is 0. The Morgan fingerprint density at radius 3 is 2.29 bits per heavy atom. The van der Waals surface area contributed by atoms with Crippen LogP contribution in [0.3, 0.4) is 0 Å². The zero-order valence-electron chi connectivity index (χ0n) is 9.47. The minimum atomic E-state index is 0.0949. The molecule has 0 bridgehead atoms. The van der Waals surface area contributed by atoms with Gasteiger partial charge in [0, 0.05) is 0 Å². The molecule has 0 amide bonds. The lowest BCUT2D eigenvalue weighted by molar-refractivity contribution is 0.0409. The molecule has 1 heteroatoms. The number of rotatable bonds is 1. The molecule has 0 radical (unpaired) electrons. The summed E-state index contributed by atoms with van der Waals surface area (Å²) >= 11 is 0. The van der Waals surface area contributed by atoms with Gasteiger partial charge in [0.25, 0.3) is 0 Å². The molecule has 78 valence electrons. The summed E-state index contributed by atoms with van der Waals surface area (Å²) < 4.78 is 0. The number of nitrogens with zero attached hydrogens (tertiary/aromatic N) is 1. The van der Waals surface area contributed by atoms with E-state index in [2.05, 4.69) is 19.9 Å². The minimum Gasteiger partial charge on any atom is -0.198 e. The van der Waals surface area contributed by atoms with Crippen LogP contribution in [0.5, 0.6) is 0 Å². The van der Waals surface area contributed by atoms with E-state index in [4.69, 9.17) is 0 Å². The van der Waals surface area contributed by atoms with Crippen LogP contribution >= 0.6 is 0 Å². The van der Waals surface area contributed by atoms with E-state index in [1.807, 2.05) is 0 Å². The van der Waals surface area contributed by atoms with Crippen molar-refractivity contribution in [3.8, 4) is 6.07 Å². The summed E-state index contributed by atoms with van der Waals surface area (Å²) in [7, 11) is 0. The Morgan fingerprint density at radius 2 is 1.86 bits per heavy atom. The van der Waals surface area contributed by atoms with Crippen LogP contribution in [0.15, 0.2) is 0 Å². The molecular formula is C13H21N. The SMILES string of the molecule is CC1(C)CCCC(C2(C#N)CCC2)C1. The molecule has 0 aromatic rings. The fourth-order valence-electron chi connectivity index (χ4n) is 3.34. The third-order valence-corrected chi connectivity index (χ3v) is 4.46. The van der Waals surface area contributed by atoms with Crippen molar-refractivity contribution < 1.29 is 0 Å². The Kier molecular flexibility index (Phi) is 2.33. The van der Waals surface area contributed by atoms with Gasteiger partial charge in [0.2, 0.25) is 0 Å². The van der Waals surface area contributed by atoms with Gasteiger partial charge in [-0.05, 0) is 43.4 Å². The second-order valence-electron chi connectivity index (χ2n) is 6.08. The molecule has 0 aromatic carbocycles. The summed E-state index contributed by atoms with van der Waals surface area (Å²) in [5.74, 6) is 0.699. The molecule has 14 heavy (non-hydrogen) atoms. The highest BCUT2D eigenvalue weighted by Gasteiger charge is 2.47. The van der Waals surface area contributed by atoms with Crippen LogP contribution < -0.4 is 0 Å². The van der Waals surface area contributed by atoms with E-state index in [1.54, 1.807) is 0 Å². The van der Waals surface area contributed by atoms with Crippen LogP contribution in [-0.4, -0.2) is 0 Å². The van der Waals surface area contributed by atoms with Crippen molar-refractivity contribution >= 4 is 0 Å². The van der Waals surface area contributed by atoms with Crippen LogP contribution in [0.4, 0.5) is 0 Å². The lowest BCUT2D eigenvalue weighted by atomic mass is 9.55. The predicted octanol–water partition coefficient (Wildman–Crippen LogP) is 3.90. The fourth-order valence-corrected chi connectivity index (χ4v) is 3.34. The van der Waals surface area contributed by atoms with Gasteiger partial charge in [-0.1, -0.05) is 26.7 Å². The molecule has 0 aliphatic heterocycles. The first-order valence-corrected chi connectivity index (χ1v) is 5.99. The molecule has 0 spiro atoms. The molecular weight excluding hydrogens is 170 g/mol. The minimum absolute atomic E-state index is 0.0949. The predicted molar refractivity (Wildman–Crippen MR) is 57.6 cm³/mol. The van der Waals surface area contributed by atoms with Crippen molar-refractivity contribution in [3.63, 3.8) is 0 Å². The third-order valence-electron chi connectivity index (χ3n) is 4.46. The fraction of sp³-hybridized carbons (Fsp3) is 0.923. The summed E-state index contributed by atoms with van der Waals surface area (Å²) in [4.78, 5) is 0. The summed E-state index contributed by atoms with van der Waals surface area (Å²) in [6.07, 6.45) is 8.89. The molecule has 0 N–H and O–H groups in total. The number of nitriles is 1. The average Bonchev–Trinajstić information content (AvgIpc) is 2.01. The van der Waals surface area contributed by atoms with Crippen molar-refractivity contribution in [1.29, 1.82) is 5.26 Å². The molecule has 2 fully saturated rings. The number of hydrogen-bond acceptors (Lipinski definition) is 1. The Labute approximate surface area is 87.5 Å². The average molecular weight is 191 g/mol. The van der Waals surface area contributed by atoms with Gasteiger partial charge in [-0.15, -0.1) is 0 Å². The Hall–Kier alpha value is -0.510. The maximum atomic E-state index is 9.31. The first-order chi connectivity index (χ1) is 6.58. The summed E-state index contributed by atoms with van der Waals surface area (Å²) in [5, 5.41) is 9.31. The van der Waals surface area contributed by atoms with Crippen molar-refractivity contribution in [2.24, 2.45) is 16.7 Å². The summed E-state index contributed by atoms with van der Waals surface area (Å²) in [5.41, 5.74) is 0.583. The Bertz CT molecular complexity index is 255. The topological polar surface area (TPSA) is 23.8 Å². The van der Waals surface area contributed by atoms with Gasteiger partial charge in [-0.25, -0.2) is 0 Å². The van der Waals surface area contributed by atoms with Gasteiger partial charge in [0.1, 0.15) is 0 Å². The zero-order chi connectivity index (χ0) is 10.2. The summed E-state index contributed by atoms with van der Waals surface area (Å²) in [6, 6.07) is 2.62. The molecule has 0 saturated heterocycles. The van der Waals surface area contributed by atoms with Crippen LogP contribution in [0.25, 0.3) is 0 Å². The molecule has 2 rings (SSSR count). The van der Waals surface area contributed by atoms with Crippen LogP contribution in [0.2, 0.25) is 0 Å².